The average Bonchev–Trinajstić information content (AvgIpc) is 2.52. The van der Waals surface area contributed by atoms with Crippen molar-refractivity contribution in [2.45, 2.75) is 24.4 Å². The summed E-state index contributed by atoms with van der Waals surface area (Å²) < 4.78 is 32.7. The Bertz CT molecular complexity index is 512. The first-order chi connectivity index (χ1) is 8.37. The molecule has 1 aromatic rings. The Hall–Kier alpha value is -1.29. The normalized spacial score (nSPS) is 28.9. The number of hydrogen-bond acceptors (Lipinski definition) is 6. The smallest absolute Gasteiger partial charge is 0.351 e. The Balaban J connectivity index is 0.00000180. The summed E-state index contributed by atoms with van der Waals surface area (Å²) in [6.07, 6.45) is -4.69. The minimum absolute atomic E-state index is 0. The predicted molar refractivity (Wildman–Crippen MR) is 62.1 cm³/mol. The average molecular weight is 300 g/mol. The summed E-state index contributed by atoms with van der Waals surface area (Å²) in [5, 5.41) is 18.1. The molecule has 0 saturated carbocycles. The molecule has 1 aromatic heterocycles. The lowest BCUT2D eigenvalue weighted by Crippen LogP contribution is -2.41. The summed E-state index contributed by atoms with van der Waals surface area (Å²) in [4.78, 5) is 14.7. The van der Waals surface area contributed by atoms with Gasteiger partial charge in [-0.2, -0.15) is 13.8 Å². The summed E-state index contributed by atoms with van der Waals surface area (Å²) in [5.41, 5.74) is 4.21. The molecule has 1 aliphatic heterocycles. The molecule has 19 heavy (non-hydrogen) atoms. The van der Waals surface area contributed by atoms with Crippen LogP contribution in [0.5, 0.6) is 0 Å². The number of aliphatic hydroxyl groups is 2. The van der Waals surface area contributed by atoms with Gasteiger partial charge in [0, 0.05) is 6.20 Å². The van der Waals surface area contributed by atoms with Crippen LogP contribution >= 0.6 is 12.4 Å². The second-order valence-electron chi connectivity index (χ2n) is 3.87. The standard InChI is InChI=1S/C9H11F2N3O4.ClH/c10-9(11)6(16)4(3-15)18-7(9)14-2-1-5(12)13-8(14)17;/h1-2,4,6-7,15-16H,3H2,(H2,12,13,17);1H/t4-,6-,7?;/m1./s1. The summed E-state index contributed by atoms with van der Waals surface area (Å²) in [5.74, 6) is -3.83. The van der Waals surface area contributed by atoms with Crippen molar-refractivity contribution in [2.75, 3.05) is 12.3 Å². The van der Waals surface area contributed by atoms with Crippen molar-refractivity contribution >= 4 is 18.2 Å². The number of anilines is 1. The quantitative estimate of drug-likeness (QED) is 0.655. The second kappa shape index (κ2) is 5.37. The third kappa shape index (κ3) is 2.54. The van der Waals surface area contributed by atoms with Crippen molar-refractivity contribution in [2.24, 2.45) is 0 Å². The molecule has 0 radical (unpaired) electrons. The fourth-order valence-corrected chi connectivity index (χ4v) is 1.72. The van der Waals surface area contributed by atoms with E-state index in [4.69, 9.17) is 15.6 Å². The monoisotopic (exact) mass is 299 g/mol. The molecular weight excluding hydrogens is 288 g/mol. The Morgan fingerprint density at radius 3 is 2.68 bits per heavy atom. The first-order valence-electron chi connectivity index (χ1n) is 5.04. The van der Waals surface area contributed by atoms with Gasteiger partial charge in [0.2, 0.25) is 6.23 Å². The maximum atomic E-state index is 13.7. The molecule has 3 atom stereocenters. The molecule has 108 valence electrons. The number of hydrogen-bond donors (Lipinski definition) is 3. The number of aromatic nitrogens is 2. The summed E-state index contributed by atoms with van der Waals surface area (Å²) in [6.45, 7) is -0.787. The van der Waals surface area contributed by atoms with Gasteiger partial charge >= 0.3 is 11.6 Å². The number of aliphatic hydroxyl groups excluding tert-OH is 2. The number of nitrogens with zero attached hydrogens (tertiary/aromatic N) is 2. The minimum Gasteiger partial charge on any atom is -0.394 e. The largest absolute Gasteiger partial charge is 0.394 e. The van der Waals surface area contributed by atoms with Crippen LogP contribution in [0, 0.1) is 0 Å². The van der Waals surface area contributed by atoms with E-state index in [1.807, 2.05) is 0 Å². The van der Waals surface area contributed by atoms with E-state index in [2.05, 4.69) is 4.98 Å². The van der Waals surface area contributed by atoms with Crippen LogP contribution in [-0.2, 0) is 4.74 Å². The van der Waals surface area contributed by atoms with Crippen molar-refractivity contribution in [1.29, 1.82) is 0 Å². The second-order valence-corrected chi connectivity index (χ2v) is 3.87. The van der Waals surface area contributed by atoms with E-state index in [0.29, 0.717) is 4.57 Å². The highest BCUT2D eigenvalue weighted by atomic mass is 35.5. The summed E-state index contributed by atoms with van der Waals surface area (Å²) >= 11 is 0. The third-order valence-electron chi connectivity index (χ3n) is 2.66. The Kier molecular flexibility index (Phi) is 4.46. The van der Waals surface area contributed by atoms with Crippen LogP contribution in [0.25, 0.3) is 0 Å². The topological polar surface area (TPSA) is 111 Å². The van der Waals surface area contributed by atoms with Crippen LogP contribution < -0.4 is 11.4 Å². The van der Waals surface area contributed by atoms with Crippen LogP contribution in [-0.4, -0.2) is 44.5 Å². The predicted octanol–water partition coefficient (Wildman–Crippen LogP) is -0.867. The van der Waals surface area contributed by atoms with E-state index in [0.717, 1.165) is 12.3 Å². The van der Waals surface area contributed by atoms with Crippen molar-refractivity contribution in [3.63, 3.8) is 0 Å². The van der Waals surface area contributed by atoms with Gasteiger partial charge < -0.3 is 20.7 Å². The van der Waals surface area contributed by atoms with Crippen molar-refractivity contribution in [3.05, 3.63) is 22.7 Å². The number of nitrogen functional groups attached to an aromatic ring is 1. The van der Waals surface area contributed by atoms with Crippen LogP contribution in [0.1, 0.15) is 6.23 Å². The van der Waals surface area contributed by atoms with Gasteiger partial charge in [0.25, 0.3) is 0 Å². The van der Waals surface area contributed by atoms with Crippen molar-refractivity contribution in [3.8, 4) is 0 Å². The molecule has 0 amide bonds. The Morgan fingerprint density at radius 2 is 2.21 bits per heavy atom. The van der Waals surface area contributed by atoms with Gasteiger partial charge in [-0.1, -0.05) is 0 Å². The zero-order valence-corrected chi connectivity index (χ0v) is 10.3. The molecule has 10 heteroatoms. The van der Waals surface area contributed by atoms with E-state index in [1.165, 1.54) is 0 Å². The lowest BCUT2D eigenvalue weighted by molar-refractivity contribution is -0.140. The van der Waals surface area contributed by atoms with E-state index >= 15 is 0 Å². The number of alkyl halides is 2. The molecule has 0 bridgehead atoms. The van der Waals surface area contributed by atoms with Gasteiger partial charge in [-0.15, -0.1) is 12.4 Å². The molecule has 1 unspecified atom stereocenters. The number of nitrogens with two attached hydrogens (primary N) is 1. The molecule has 2 heterocycles. The molecule has 0 aromatic carbocycles. The molecule has 7 nitrogen and oxygen atoms in total. The summed E-state index contributed by atoms with van der Waals surface area (Å²) in [7, 11) is 0. The molecular formula is C9H12ClF2N3O4. The Labute approximate surface area is 112 Å². The van der Waals surface area contributed by atoms with E-state index in [-0.39, 0.29) is 18.2 Å². The van der Waals surface area contributed by atoms with Crippen LogP contribution in [0.2, 0.25) is 0 Å². The first kappa shape index (κ1) is 15.8. The summed E-state index contributed by atoms with van der Waals surface area (Å²) in [6, 6.07) is 1.15. The zero-order chi connectivity index (χ0) is 13.5. The van der Waals surface area contributed by atoms with Crippen LogP contribution in [0.3, 0.4) is 0 Å². The van der Waals surface area contributed by atoms with Crippen LogP contribution in [0.4, 0.5) is 14.6 Å². The van der Waals surface area contributed by atoms with Gasteiger partial charge in [0.05, 0.1) is 6.61 Å². The van der Waals surface area contributed by atoms with Gasteiger partial charge in [0.15, 0.2) is 6.10 Å². The highest BCUT2D eigenvalue weighted by molar-refractivity contribution is 5.85. The molecule has 0 spiro atoms. The lowest BCUT2D eigenvalue weighted by Gasteiger charge is -2.20. The molecule has 1 saturated heterocycles. The van der Waals surface area contributed by atoms with E-state index < -0.39 is 36.7 Å². The SMILES string of the molecule is Cl.Nc1ccn(C2O[C@H](CO)[C@@H](O)C2(F)F)c(=O)n1. The number of ether oxygens (including phenoxy) is 1. The fraction of sp³-hybridized carbons (Fsp3) is 0.556. The molecule has 2 rings (SSSR count). The van der Waals surface area contributed by atoms with Crippen LogP contribution in [0.15, 0.2) is 17.1 Å². The molecule has 1 fully saturated rings. The molecule has 0 aliphatic carbocycles. The maximum Gasteiger partial charge on any atom is 0.351 e. The van der Waals surface area contributed by atoms with E-state index in [1.54, 1.807) is 0 Å². The highest BCUT2D eigenvalue weighted by Crippen LogP contribution is 2.41. The maximum absolute atomic E-state index is 13.7. The van der Waals surface area contributed by atoms with Crippen molar-refractivity contribution < 1.29 is 23.7 Å². The first-order valence-corrected chi connectivity index (χ1v) is 5.04. The molecule has 1 aliphatic rings. The van der Waals surface area contributed by atoms with Gasteiger partial charge in [0.1, 0.15) is 11.9 Å². The number of rotatable bonds is 2. The molecule has 4 N–H and O–H groups in total. The van der Waals surface area contributed by atoms with Gasteiger partial charge in [-0.3, -0.25) is 4.57 Å². The minimum atomic E-state index is -3.71. The number of halogens is 3. The third-order valence-corrected chi connectivity index (χ3v) is 2.66. The highest BCUT2D eigenvalue weighted by Gasteiger charge is 2.59. The fourth-order valence-electron chi connectivity index (χ4n) is 1.72. The van der Waals surface area contributed by atoms with Crippen molar-refractivity contribution in [1.82, 2.24) is 9.55 Å². The zero-order valence-electron chi connectivity index (χ0n) is 9.44. The van der Waals surface area contributed by atoms with Gasteiger partial charge in [-0.05, 0) is 6.07 Å². The van der Waals surface area contributed by atoms with E-state index in [9.17, 15) is 18.7 Å². The lowest BCUT2D eigenvalue weighted by atomic mass is 10.1. The van der Waals surface area contributed by atoms with Gasteiger partial charge in [-0.25, -0.2) is 4.79 Å². The Morgan fingerprint density at radius 1 is 1.58 bits per heavy atom.